The van der Waals surface area contributed by atoms with Gasteiger partial charge in [-0.15, -0.1) is 0 Å². The summed E-state index contributed by atoms with van der Waals surface area (Å²) in [4.78, 5) is 29.0. The third-order valence-electron chi connectivity index (χ3n) is 5.43. The maximum absolute atomic E-state index is 12.4. The molecule has 0 saturated carbocycles. The summed E-state index contributed by atoms with van der Waals surface area (Å²) in [5.74, 6) is 1.04. The average Bonchev–Trinajstić information content (AvgIpc) is 3.37. The molecule has 0 bridgehead atoms. The van der Waals surface area contributed by atoms with E-state index in [1.54, 1.807) is 24.4 Å². The van der Waals surface area contributed by atoms with Gasteiger partial charge in [-0.2, -0.15) is 0 Å². The van der Waals surface area contributed by atoms with Crippen molar-refractivity contribution in [3.05, 3.63) is 60.4 Å². The van der Waals surface area contributed by atoms with Crippen molar-refractivity contribution in [2.45, 2.75) is 39.2 Å². The van der Waals surface area contributed by atoms with Crippen LogP contribution in [0.1, 0.15) is 42.1 Å². The number of aryl methyl sites for hydroxylation is 2. The van der Waals surface area contributed by atoms with Crippen molar-refractivity contribution in [3.63, 3.8) is 0 Å². The number of hydrogen-bond donors (Lipinski definition) is 2. The number of hydrogen-bond acceptors (Lipinski definition) is 4. The lowest BCUT2D eigenvalue weighted by Crippen LogP contribution is -2.24. The SMILES string of the molecule is Cc1nccn1CCCNC(=O)c1cc2cc(NC(=O)C3CC=CCC3)ccc2o1. The molecule has 4 rings (SSSR count). The molecule has 2 aromatic heterocycles. The van der Waals surface area contributed by atoms with Gasteiger partial charge in [0, 0.05) is 42.5 Å². The highest BCUT2D eigenvalue weighted by Crippen LogP contribution is 2.25. The highest BCUT2D eigenvalue weighted by Gasteiger charge is 2.19. The third-order valence-corrected chi connectivity index (χ3v) is 5.43. The molecule has 0 fully saturated rings. The zero-order valence-electron chi connectivity index (χ0n) is 17.1. The Balaban J connectivity index is 1.33. The van der Waals surface area contributed by atoms with Crippen LogP contribution in [0.3, 0.4) is 0 Å². The number of benzene rings is 1. The molecule has 1 aliphatic rings. The molecular weight excluding hydrogens is 380 g/mol. The first-order valence-corrected chi connectivity index (χ1v) is 10.4. The van der Waals surface area contributed by atoms with Crippen LogP contribution in [0.4, 0.5) is 5.69 Å². The average molecular weight is 406 g/mol. The smallest absolute Gasteiger partial charge is 0.287 e. The van der Waals surface area contributed by atoms with Gasteiger partial charge in [0.2, 0.25) is 5.91 Å². The Labute approximate surface area is 175 Å². The van der Waals surface area contributed by atoms with Crippen LogP contribution in [0, 0.1) is 12.8 Å². The molecule has 30 heavy (non-hydrogen) atoms. The lowest BCUT2D eigenvalue weighted by Gasteiger charge is -2.17. The number of carbonyl (C=O) groups excluding carboxylic acids is 2. The second-order valence-electron chi connectivity index (χ2n) is 7.61. The van der Waals surface area contributed by atoms with Crippen molar-refractivity contribution in [2.24, 2.45) is 5.92 Å². The molecule has 0 saturated heterocycles. The maximum Gasteiger partial charge on any atom is 0.287 e. The Kier molecular flexibility index (Phi) is 5.97. The molecule has 1 unspecified atom stereocenters. The summed E-state index contributed by atoms with van der Waals surface area (Å²) in [6, 6.07) is 7.14. The molecule has 1 atom stereocenters. The second kappa shape index (κ2) is 8.98. The minimum atomic E-state index is -0.242. The maximum atomic E-state index is 12.4. The summed E-state index contributed by atoms with van der Waals surface area (Å²) in [6.07, 6.45) is 11.3. The van der Waals surface area contributed by atoms with E-state index in [0.717, 1.165) is 43.4 Å². The fraction of sp³-hybridized carbons (Fsp3) is 0.348. The van der Waals surface area contributed by atoms with Crippen LogP contribution in [0.25, 0.3) is 11.0 Å². The molecule has 1 aliphatic carbocycles. The summed E-state index contributed by atoms with van der Waals surface area (Å²) >= 11 is 0. The van der Waals surface area contributed by atoms with Gasteiger partial charge < -0.3 is 19.6 Å². The van der Waals surface area contributed by atoms with Crippen LogP contribution in [-0.2, 0) is 11.3 Å². The van der Waals surface area contributed by atoms with Crippen LogP contribution in [0.2, 0.25) is 0 Å². The van der Waals surface area contributed by atoms with Crippen molar-refractivity contribution < 1.29 is 14.0 Å². The van der Waals surface area contributed by atoms with E-state index in [0.29, 0.717) is 17.8 Å². The number of aromatic nitrogens is 2. The molecule has 2 N–H and O–H groups in total. The summed E-state index contributed by atoms with van der Waals surface area (Å²) in [7, 11) is 0. The predicted octanol–water partition coefficient (Wildman–Crippen LogP) is 4.05. The van der Waals surface area contributed by atoms with E-state index in [4.69, 9.17) is 4.42 Å². The van der Waals surface area contributed by atoms with Gasteiger partial charge in [0.1, 0.15) is 11.4 Å². The molecule has 2 heterocycles. The lowest BCUT2D eigenvalue weighted by molar-refractivity contribution is -0.120. The molecule has 0 radical (unpaired) electrons. The van der Waals surface area contributed by atoms with Crippen molar-refractivity contribution in [2.75, 3.05) is 11.9 Å². The van der Waals surface area contributed by atoms with E-state index in [-0.39, 0.29) is 23.5 Å². The predicted molar refractivity (Wildman–Crippen MR) is 115 cm³/mol. The Morgan fingerprint density at radius 3 is 2.93 bits per heavy atom. The third kappa shape index (κ3) is 4.62. The van der Waals surface area contributed by atoms with Crippen LogP contribution >= 0.6 is 0 Å². The zero-order chi connectivity index (χ0) is 20.9. The van der Waals surface area contributed by atoms with Crippen LogP contribution in [-0.4, -0.2) is 27.9 Å². The number of allylic oxidation sites excluding steroid dienone is 2. The first-order chi connectivity index (χ1) is 14.6. The van der Waals surface area contributed by atoms with Crippen molar-refractivity contribution in [3.8, 4) is 0 Å². The quantitative estimate of drug-likeness (QED) is 0.458. The number of carbonyl (C=O) groups is 2. The molecule has 156 valence electrons. The standard InChI is InChI=1S/C23H26N4O3/c1-16-24-11-13-27(16)12-5-10-25-23(29)21-15-18-14-19(8-9-20(18)30-21)26-22(28)17-6-3-2-4-7-17/h2-3,8-9,11,13-15,17H,4-7,10,12H2,1H3,(H,25,29)(H,26,28). The highest BCUT2D eigenvalue weighted by molar-refractivity contribution is 5.98. The fourth-order valence-corrected chi connectivity index (χ4v) is 3.69. The molecule has 0 spiro atoms. The van der Waals surface area contributed by atoms with Gasteiger partial charge in [0.15, 0.2) is 5.76 Å². The number of nitrogens with zero attached hydrogens (tertiary/aromatic N) is 2. The highest BCUT2D eigenvalue weighted by atomic mass is 16.3. The number of fused-ring (bicyclic) bond motifs is 1. The Morgan fingerprint density at radius 2 is 2.17 bits per heavy atom. The van der Waals surface area contributed by atoms with E-state index in [1.165, 1.54) is 0 Å². The molecule has 1 aromatic carbocycles. The molecule has 2 amide bonds. The number of amides is 2. The van der Waals surface area contributed by atoms with E-state index < -0.39 is 0 Å². The lowest BCUT2D eigenvalue weighted by atomic mass is 9.93. The number of anilines is 1. The number of furan rings is 1. The van der Waals surface area contributed by atoms with Crippen LogP contribution in [0.15, 0.2) is 53.2 Å². The second-order valence-corrected chi connectivity index (χ2v) is 7.61. The van der Waals surface area contributed by atoms with Crippen molar-refractivity contribution in [1.29, 1.82) is 0 Å². The molecule has 3 aromatic rings. The van der Waals surface area contributed by atoms with E-state index in [1.807, 2.05) is 23.8 Å². The van der Waals surface area contributed by atoms with Crippen LogP contribution < -0.4 is 10.6 Å². The van der Waals surface area contributed by atoms with Gasteiger partial charge in [-0.25, -0.2) is 4.98 Å². The van der Waals surface area contributed by atoms with E-state index >= 15 is 0 Å². The molecule has 0 aliphatic heterocycles. The minimum Gasteiger partial charge on any atom is -0.451 e. The molecular formula is C23H26N4O3. The normalized spacial score (nSPS) is 16.0. The van der Waals surface area contributed by atoms with Gasteiger partial charge in [-0.3, -0.25) is 9.59 Å². The first-order valence-electron chi connectivity index (χ1n) is 10.4. The molecule has 7 heteroatoms. The van der Waals surface area contributed by atoms with Crippen molar-refractivity contribution in [1.82, 2.24) is 14.9 Å². The number of nitrogens with one attached hydrogen (secondary N) is 2. The van der Waals surface area contributed by atoms with Gasteiger partial charge in [0.25, 0.3) is 5.91 Å². The van der Waals surface area contributed by atoms with Gasteiger partial charge in [0.05, 0.1) is 0 Å². The summed E-state index contributed by atoms with van der Waals surface area (Å²) in [5.41, 5.74) is 1.33. The van der Waals surface area contributed by atoms with E-state index in [2.05, 4.69) is 27.8 Å². The van der Waals surface area contributed by atoms with Gasteiger partial charge in [-0.05, 0) is 56.9 Å². The minimum absolute atomic E-state index is 0.0162. The summed E-state index contributed by atoms with van der Waals surface area (Å²) < 4.78 is 7.73. The largest absolute Gasteiger partial charge is 0.451 e. The van der Waals surface area contributed by atoms with Crippen molar-refractivity contribution >= 4 is 28.5 Å². The topological polar surface area (TPSA) is 89.2 Å². The first kappa shape index (κ1) is 19.9. The monoisotopic (exact) mass is 406 g/mol. The Morgan fingerprint density at radius 1 is 1.27 bits per heavy atom. The Bertz CT molecular complexity index is 1080. The zero-order valence-corrected chi connectivity index (χ0v) is 17.1. The summed E-state index contributed by atoms with van der Waals surface area (Å²) in [5, 5.41) is 6.66. The van der Waals surface area contributed by atoms with Gasteiger partial charge >= 0.3 is 0 Å². The number of rotatable bonds is 7. The van der Waals surface area contributed by atoms with E-state index in [9.17, 15) is 9.59 Å². The fourth-order valence-electron chi connectivity index (χ4n) is 3.69. The summed E-state index contributed by atoms with van der Waals surface area (Å²) in [6.45, 7) is 3.30. The van der Waals surface area contributed by atoms with Crippen LogP contribution in [0.5, 0.6) is 0 Å². The molecule has 7 nitrogen and oxygen atoms in total. The Hall–Kier alpha value is -3.35. The number of imidazole rings is 1. The van der Waals surface area contributed by atoms with Gasteiger partial charge in [-0.1, -0.05) is 12.2 Å².